The van der Waals surface area contributed by atoms with Crippen LogP contribution in [0.5, 0.6) is 0 Å². The number of rotatable bonds is 6. The zero-order chi connectivity index (χ0) is 13.8. The van der Waals surface area contributed by atoms with E-state index in [1.54, 1.807) is 6.07 Å². The number of anilines is 1. The van der Waals surface area contributed by atoms with Crippen molar-refractivity contribution in [3.8, 4) is 0 Å². The third-order valence-corrected chi connectivity index (χ3v) is 3.68. The summed E-state index contributed by atoms with van der Waals surface area (Å²) in [5.74, 6) is -0.782. The van der Waals surface area contributed by atoms with E-state index in [-0.39, 0.29) is 6.42 Å². The number of hydrogen-bond donors (Lipinski definition) is 2. The Kier molecular flexibility index (Phi) is 4.79. The third-order valence-electron chi connectivity index (χ3n) is 2.56. The summed E-state index contributed by atoms with van der Waals surface area (Å²) in [7, 11) is 0. The normalized spacial score (nSPS) is 10.8. The quantitative estimate of drug-likeness (QED) is 0.794. The fraction of sp³-hybridized carbons (Fsp3) is 0.364. The lowest BCUT2D eigenvalue weighted by atomic mass is 10.2. The second-order valence-corrected chi connectivity index (χ2v) is 5.30. The monoisotopic (exact) mass is 319 g/mol. The summed E-state index contributed by atoms with van der Waals surface area (Å²) < 4.78 is 8.28. The zero-order valence-corrected chi connectivity index (χ0v) is 12.1. The van der Waals surface area contributed by atoms with Crippen LogP contribution in [0, 0.1) is 0 Å². The Labute approximate surface area is 123 Å². The third kappa shape index (κ3) is 3.46. The highest BCUT2D eigenvalue weighted by Crippen LogP contribution is 2.35. The van der Waals surface area contributed by atoms with E-state index in [4.69, 9.17) is 28.3 Å². The smallest absolute Gasteiger partial charge is 0.303 e. The van der Waals surface area contributed by atoms with Crippen LogP contribution < -0.4 is 5.32 Å². The van der Waals surface area contributed by atoms with Gasteiger partial charge in [0.15, 0.2) is 0 Å². The van der Waals surface area contributed by atoms with E-state index in [1.807, 2.05) is 0 Å². The number of fused-ring (bicyclic) bond motifs is 1. The summed E-state index contributed by atoms with van der Waals surface area (Å²) in [5.41, 5.74) is 1.98. The first-order valence-corrected chi connectivity index (χ1v) is 7.14. The maximum Gasteiger partial charge on any atom is 0.303 e. The Hall–Kier alpha value is -1.11. The minimum atomic E-state index is -0.782. The van der Waals surface area contributed by atoms with Crippen molar-refractivity contribution in [2.75, 3.05) is 11.9 Å². The molecule has 0 saturated carbocycles. The summed E-state index contributed by atoms with van der Waals surface area (Å²) in [4.78, 5) is 10.4. The van der Waals surface area contributed by atoms with Crippen LogP contribution in [-0.4, -0.2) is 26.4 Å². The molecule has 0 fully saturated rings. The highest BCUT2D eigenvalue weighted by molar-refractivity contribution is 7.00. The van der Waals surface area contributed by atoms with Gasteiger partial charge in [0, 0.05) is 13.0 Å². The highest BCUT2D eigenvalue weighted by Gasteiger charge is 2.13. The second kappa shape index (κ2) is 6.36. The van der Waals surface area contributed by atoms with Gasteiger partial charge in [-0.1, -0.05) is 23.2 Å². The van der Waals surface area contributed by atoms with Crippen molar-refractivity contribution in [3.05, 3.63) is 16.1 Å². The molecule has 0 aliphatic rings. The van der Waals surface area contributed by atoms with E-state index in [0.717, 1.165) is 18.1 Å². The van der Waals surface area contributed by atoms with Crippen molar-refractivity contribution in [1.82, 2.24) is 8.75 Å². The SMILES string of the molecule is O=C(O)CCCCNc1c(Cl)cc(Cl)c2nsnc12. The molecule has 102 valence electrons. The molecular weight excluding hydrogens is 309 g/mol. The molecular formula is C11H11Cl2N3O2S. The van der Waals surface area contributed by atoms with Crippen LogP contribution in [0.3, 0.4) is 0 Å². The molecule has 19 heavy (non-hydrogen) atoms. The van der Waals surface area contributed by atoms with Crippen LogP contribution in [0.15, 0.2) is 6.07 Å². The van der Waals surface area contributed by atoms with Crippen molar-refractivity contribution in [1.29, 1.82) is 0 Å². The van der Waals surface area contributed by atoms with Gasteiger partial charge >= 0.3 is 5.97 Å². The number of carboxylic acid groups (broad SMARTS) is 1. The molecule has 0 amide bonds. The maximum atomic E-state index is 10.4. The molecule has 0 spiro atoms. The Morgan fingerprint density at radius 3 is 2.74 bits per heavy atom. The van der Waals surface area contributed by atoms with Crippen LogP contribution in [0.4, 0.5) is 5.69 Å². The average molecular weight is 320 g/mol. The van der Waals surface area contributed by atoms with E-state index in [2.05, 4.69) is 14.1 Å². The Morgan fingerprint density at radius 2 is 2.00 bits per heavy atom. The Bertz CT molecular complexity index is 603. The zero-order valence-electron chi connectivity index (χ0n) is 9.82. The van der Waals surface area contributed by atoms with E-state index in [9.17, 15) is 4.79 Å². The first-order valence-electron chi connectivity index (χ1n) is 5.65. The van der Waals surface area contributed by atoms with Crippen molar-refractivity contribution >= 4 is 57.6 Å². The fourth-order valence-electron chi connectivity index (χ4n) is 1.66. The minimum absolute atomic E-state index is 0.170. The summed E-state index contributed by atoms with van der Waals surface area (Å²) in [5, 5.41) is 12.7. The first-order chi connectivity index (χ1) is 9.09. The fourth-order valence-corrected chi connectivity index (χ4v) is 2.84. The van der Waals surface area contributed by atoms with Crippen molar-refractivity contribution in [3.63, 3.8) is 0 Å². The number of aromatic nitrogens is 2. The van der Waals surface area contributed by atoms with Gasteiger partial charge in [0.1, 0.15) is 11.0 Å². The number of carbonyl (C=O) groups is 1. The molecule has 0 aliphatic carbocycles. The summed E-state index contributed by atoms with van der Waals surface area (Å²) in [6, 6.07) is 1.63. The lowest BCUT2D eigenvalue weighted by Gasteiger charge is -2.09. The largest absolute Gasteiger partial charge is 0.481 e. The van der Waals surface area contributed by atoms with Gasteiger partial charge in [-0.2, -0.15) is 8.75 Å². The molecule has 1 heterocycles. The number of aliphatic carboxylic acids is 1. The molecule has 0 radical (unpaired) electrons. The van der Waals surface area contributed by atoms with Gasteiger partial charge in [0.05, 0.1) is 27.5 Å². The number of halogens is 2. The van der Waals surface area contributed by atoms with Gasteiger partial charge in [-0.15, -0.1) is 0 Å². The van der Waals surface area contributed by atoms with Gasteiger partial charge in [0.25, 0.3) is 0 Å². The molecule has 8 heteroatoms. The number of unbranched alkanes of at least 4 members (excludes halogenated alkanes) is 1. The molecule has 0 bridgehead atoms. The summed E-state index contributed by atoms with van der Waals surface area (Å²) >= 11 is 13.2. The summed E-state index contributed by atoms with van der Waals surface area (Å²) in [6.07, 6.45) is 1.53. The maximum absolute atomic E-state index is 10.4. The topological polar surface area (TPSA) is 75.1 Å². The Morgan fingerprint density at radius 1 is 1.26 bits per heavy atom. The molecule has 0 unspecified atom stereocenters. The molecule has 0 saturated heterocycles. The molecule has 1 aromatic carbocycles. The number of benzene rings is 1. The predicted octanol–water partition coefficient (Wildman–Crippen LogP) is 3.66. The molecule has 5 nitrogen and oxygen atoms in total. The molecule has 1 aromatic heterocycles. The van der Waals surface area contributed by atoms with Crippen molar-refractivity contribution in [2.24, 2.45) is 0 Å². The van der Waals surface area contributed by atoms with Gasteiger partial charge in [-0.3, -0.25) is 4.79 Å². The van der Waals surface area contributed by atoms with Gasteiger partial charge in [-0.25, -0.2) is 0 Å². The number of nitrogens with zero attached hydrogens (tertiary/aromatic N) is 2. The van der Waals surface area contributed by atoms with Gasteiger partial charge in [0.2, 0.25) is 0 Å². The first kappa shape index (κ1) is 14.3. The second-order valence-electron chi connectivity index (χ2n) is 3.95. The number of carboxylic acids is 1. The van der Waals surface area contributed by atoms with E-state index < -0.39 is 5.97 Å². The number of nitrogens with one attached hydrogen (secondary N) is 1. The van der Waals surface area contributed by atoms with Crippen LogP contribution in [0.2, 0.25) is 10.0 Å². The Balaban J connectivity index is 2.04. The lowest BCUT2D eigenvalue weighted by Crippen LogP contribution is -2.04. The minimum Gasteiger partial charge on any atom is -0.481 e. The lowest BCUT2D eigenvalue weighted by molar-refractivity contribution is -0.137. The van der Waals surface area contributed by atoms with E-state index in [1.165, 1.54) is 0 Å². The molecule has 2 N–H and O–H groups in total. The highest BCUT2D eigenvalue weighted by atomic mass is 35.5. The van der Waals surface area contributed by atoms with Crippen LogP contribution in [0.1, 0.15) is 19.3 Å². The molecule has 0 aliphatic heterocycles. The standard InChI is InChI=1S/C11H11Cl2N3O2S/c12-6-5-7(13)10-11(16-19-15-10)9(6)14-4-2-1-3-8(17)18/h5,14H,1-4H2,(H,17,18). The van der Waals surface area contributed by atoms with E-state index in [0.29, 0.717) is 39.7 Å². The van der Waals surface area contributed by atoms with Crippen LogP contribution in [0.25, 0.3) is 11.0 Å². The molecule has 2 aromatic rings. The number of hydrogen-bond acceptors (Lipinski definition) is 5. The average Bonchev–Trinajstić information content (AvgIpc) is 2.81. The van der Waals surface area contributed by atoms with Gasteiger partial charge in [-0.05, 0) is 18.9 Å². The van der Waals surface area contributed by atoms with Crippen molar-refractivity contribution in [2.45, 2.75) is 19.3 Å². The van der Waals surface area contributed by atoms with Crippen LogP contribution >= 0.6 is 34.9 Å². The van der Waals surface area contributed by atoms with Gasteiger partial charge < -0.3 is 10.4 Å². The van der Waals surface area contributed by atoms with Crippen molar-refractivity contribution < 1.29 is 9.90 Å². The molecule has 2 rings (SSSR count). The van der Waals surface area contributed by atoms with E-state index >= 15 is 0 Å². The molecule has 0 atom stereocenters. The predicted molar refractivity (Wildman–Crippen MR) is 77.4 cm³/mol. The van der Waals surface area contributed by atoms with Crippen LogP contribution in [-0.2, 0) is 4.79 Å². The summed E-state index contributed by atoms with van der Waals surface area (Å²) in [6.45, 7) is 0.626.